The van der Waals surface area contributed by atoms with Gasteiger partial charge in [0.2, 0.25) is 0 Å². The van der Waals surface area contributed by atoms with E-state index in [0.717, 1.165) is 47.4 Å². The molecule has 0 atom stereocenters. The molecule has 0 amide bonds. The molecule has 0 fully saturated rings. The van der Waals surface area contributed by atoms with E-state index in [1.54, 1.807) is 12.5 Å². The molecule has 0 saturated carbocycles. The van der Waals surface area contributed by atoms with Gasteiger partial charge in [0.05, 0.1) is 23.6 Å². The highest BCUT2D eigenvalue weighted by atomic mass is 15.1. The van der Waals surface area contributed by atoms with Crippen LogP contribution in [0.1, 0.15) is 31.0 Å². The summed E-state index contributed by atoms with van der Waals surface area (Å²) in [6, 6.07) is 3.93. The zero-order valence-electron chi connectivity index (χ0n) is 13.3. The average Bonchev–Trinajstić information content (AvgIpc) is 2.80. The highest BCUT2D eigenvalue weighted by molar-refractivity contribution is 5.82. The van der Waals surface area contributed by atoms with E-state index in [4.69, 9.17) is 5.41 Å². The number of nitrogens with one attached hydrogen (secondary N) is 1. The molecule has 0 aromatic carbocycles. The Bertz CT molecular complexity index is 858. The highest BCUT2D eigenvalue weighted by Crippen LogP contribution is 2.24. The zero-order chi connectivity index (χ0) is 15.7. The van der Waals surface area contributed by atoms with Crippen LogP contribution < -0.4 is 5.49 Å². The summed E-state index contributed by atoms with van der Waals surface area (Å²) in [5.74, 6) is 0. The van der Waals surface area contributed by atoms with Gasteiger partial charge in [0.25, 0.3) is 0 Å². The lowest BCUT2D eigenvalue weighted by Crippen LogP contribution is -2.21. The predicted octanol–water partition coefficient (Wildman–Crippen LogP) is 3.12. The van der Waals surface area contributed by atoms with E-state index in [2.05, 4.69) is 35.3 Å². The Morgan fingerprint density at radius 3 is 2.77 bits per heavy atom. The van der Waals surface area contributed by atoms with Crippen molar-refractivity contribution in [3.8, 4) is 5.69 Å². The second-order valence-electron chi connectivity index (χ2n) is 5.60. The van der Waals surface area contributed by atoms with E-state index in [1.165, 1.54) is 0 Å². The van der Waals surface area contributed by atoms with E-state index < -0.39 is 0 Å². The highest BCUT2D eigenvalue weighted by Gasteiger charge is 2.16. The summed E-state index contributed by atoms with van der Waals surface area (Å²) in [5, 5.41) is 9.46. The van der Waals surface area contributed by atoms with Crippen molar-refractivity contribution in [2.75, 3.05) is 0 Å². The smallest absolute Gasteiger partial charge is 0.150 e. The third kappa shape index (κ3) is 2.22. The summed E-state index contributed by atoms with van der Waals surface area (Å²) < 4.78 is 4.02. The molecule has 0 aliphatic carbocycles. The van der Waals surface area contributed by atoms with E-state index >= 15 is 0 Å². The largest absolute Gasteiger partial charge is 0.317 e. The minimum absolute atomic E-state index is 0.543. The van der Waals surface area contributed by atoms with Crippen LogP contribution in [-0.2, 0) is 6.54 Å². The normalized spacial score (nSPS) is 11.2. The van der Waals surface area contributed by atoms with Gasteiger partial charge in [0, 0.05) is 18.4 Å². The fourth-order valence-corrected chi connectivity index (χ4v) is 2.82. The number of aromatic nitrogens is 4. The second kappa shape index (κ2) is 5.75. The quantitative estimate of drug-likeness (QED) is 0.804. The van der Waals surface area contributed by atoms with Gasteiger partial charge < -0.3 is 4.57 Å². The maximum absolute atomic E-state index is 8.53. The molecular weight excluding hydrogens is 274 g/mol. The first-order valence-electron chi connectivity index (χ1n) is 7.67. The van der Waals surface area contributed by atoms with Crippen molar-refractivity contribution >= 4 is 11.0 Å². The van der Waals surface area contributed by atoms with Crippen molar-refractivity contribution < 1.29 is 0 Å². The molecule has 0 unspecified atom stereocenters. The number of unbranched alkanes of at least 4 members (excludes halogenated alkanes) is 1. The molecule has 3 aromatic rings. The molecule has 3 aromatic heterocycles. The van der Waals surface area contributed by atoms with Crippen molar-refractivity contribution in [1.82, 2.24) is 19.1 Å². The van der Waals surface area contributed by atoms with Crippen LogP contribution in [0.3, 0.4) is 0 Å². The van der Waals surface area contributed by atoms with Gasteiger partial charge in [0.1, 0.15) is 5.49 Å². The average molecular weight is 295 g/mol. The lowest BCUT2D eigenvalue weighted by Gasteiger charge is -2.08. The van der Waals surface area contributed by atoms with Gasteiger partial charge in [0.15, 0.2) is 5.65 Å². The van der Waals surface area contributed by atoms with Gasteiger partial charge in [-0.1, -0.05) is 13.3 Å². The molecule has 5 heteroatoms. The number of hydrogen-bond acceptors (Lipinski definition) is 3. The van der Waals surface area contributed by atoms with Crippen LogP contribution in [0, 0.1) is 19.3 Å². The Kier molecular flexibility index (Phi) is 3.79. The first-order chi connectivity index (χ1) is 10.6. The van der Waals surface area contributed by atoms with Gasteiger partial charge in [-0.2, -0.15) is 0 Å². The monoisotopic (exact) mass is 295 g/mol. The standard InChI is InChI=1S/C17H21N5/c1-4-5-9-21-11-20-17-15(16(21)18)12(2)13(3)22(17)14-7-6-8-19-10-14/h6-8,10-11,18H,4-5,9H2,1-3H3. The molecule has 0 aliphatic rings. The van der Waals surface area contributed by atoms with Crippen molar-refractivity contribution in [1.29, 1.82) is 5.41 Å². The number of pyridine rings is 1. The minimum Gasteiger partial charge on any atom is -0.317 e. The van der Waals surface area contributed by atoms with Gasteiger partial charge in [-0.25, -0.2) is 4.98 Å². The molecule has 0 aliphatic heterocycles. The third-order valence-electron chi connectivity index (χ3n) is 4.19. The van der Waals surface area contributed by atoms with E-state index in [1.807, 2.05) is 22.9 Å². The van der Waals surface area contributed by atoms with Gasteiger partial charge in [-0.05, 0) is 38.0 Å². The van der Waals surface area contributed by atoms with Crippen LogP contribution >= 0.6 is 0 Å². The lowest BCUT2D eigenvalue weighted by molar-refractivity contribution is 0.596. The Morgan fingerprint density at radius 2 is 2.09 bits per heavy atom. The molecule has 0 bridgehead atoms. The zero-order valence-corrected chi connectivity index (χ0v) is 13.3. The Hall–Kier alpha value is -2.43. The fourth-order valence-electron chi connectivity index (χ4n) is 2.82. The summed E-state index contributed by atoms with van der Waals surface area (Å²) in [6.45, 7) is 7.13. The first kappa shape index (κ1) is 14.5. The van der Waals surface area contributed by atoms with Crippen LogP contribution in [0.25, 0.3) is 16.7 Å². The molecule has 3 heterocycles. The molecule has 22 heavy (non-hydrogen) atoms. The molecule has 1 N–H and O–H groups in total. The van der Waals surface area contributed by atoms with E-state index in [9.17, 15) is 0 Å². The first-order valence-corrected chi connectivity index (χ1v) is 7.67. The van der Waals surface area contributed by atoms with Crippen LogP contribution in [0.4, 0.5) is 0 Å². The molecular formula is C17H21N5. The number of aryl methyl sites for hydroxylation is 2. The molecule has 5 nitrogen and oxygen atoms in total. The van der Waals surface area contributed by atoms with Gasteiger partial charge >= 0.3 is 0 Å². The van der Waals surface area contributed by atoms with E-state index in [-0.39, 0.29) is 0 Å². The minimum atomic E-state index is 0.543. The Balaban J connectivity index is 2.27. The van der Waals surface area contributed by atoms with Crippen LogP contribution in [0.5, 0.6) is 0 Å². The fraction of sp³-hybridized carbons (Fsp3) is 0.353. The summed E-state index contributed by atoms with van der Waals surface area (Å²) in [6.07, 6.45) is 7.55. The summed E-state index contributed by atoms with van der Waals surface area (Å²) >= 11 is 0. The number of hydrogen-bond donors (Lipinski definition) is 1. The second-order valence-corrected chi connectivity index (χ2v) is 5.60. The summed E-state index contributed by atoms with van der Waals surface area (Å²) in [5.41, 5.74) is 4.58. The van der Waals surface area contributed by atoms with Crippen LogP contribution in [0.2, 0.25) is 0 Å². The molecule has 114 valence electrons. The number of fused-ring (bicyclic) bond motifs is 1. The van der Waals surface area contributed by atoms with Crippen molar-refractivity contribution in [2.45, 2.75) is 40.2 Å². The van der Waals surface area contributed by atoms with Crippen LogP contribution in [0.15, 0.2) is 30.9 Å². The van der Waals surface area contributed by atoms with Crippen molar-refractivity contribution in [3.05, 3.63) is 47.6 Å². The van der Waals surface area contributed by atoms with Gasteiger partial charge in [-0.3, -0.25) is 15.0 Å². The Labute approximate surface area is 129 Å². The van der Waals surface area contributed by atoms with Crippen LogP contribution in [-0.4, -0.2) is 19.1 Å². The van der Waals surface area contributed by atoms with Gasteiger partial charge in [-0.15, -0.1) is 0 Å². The molecule has 0 saturated heterocycles. The van der Waals surface area contributed by atoms with Crippen molar-refractivity contribution in [2.24, 2.45) is 0 Å². The maximum Gasteiger partial charge on any atom is 0.150 e. The SMILES string of the molecule is CCCCn1cnc2c(c(C)c(C)n2-c2cccnc2)c1=N. The van der Waals surface area contributed by atoms with Crippen molar-refractivity contribution in [3.63, 3.8) is 0 Å². The lowest BCUT2D eigenvalue weighted by atomic mass is 10.2. The predicted molar refractivity (Wildman–Crippen MR) is 87.1 cm³/mol. The third-order valence-corrected chi connectivity index (χ3v) is 4.19. The van der Waals surface area contributed by atoms with E-state index in [0.29, 0.717) is 5.49 Å². The molecule has 3 rings (SSSR count). The number of nitrogens with zero attached hydrogens (tertiary/aromatic N) is 4. The molecule has 0 radical (unpaired) electrons. The summed E-state index contributed by atoms with van der Waals surface area (Å²) in [7, 11) is 0. The topological polar surface area (TPSA) is 59.5 Å². The molecule has 0 spiro atoms. The maximum atomic E-state index is 8.53. The Morgan fingerprint density at radius 1 is 1.27 bits per heavy atom. The number of rotatable bonds is 4. The summed E-state index contributed by atoms with van der Waals surface area (Å²) in [4.78, 5) is 8.83.